The maximum absolute atomic E-state index is 15.3. The van der Waals surface area contributed by atoms with E-state index in [0.29, 0.717) is 0 Å². The van der Waals surface area contributed by atoms with Gasteiger partial charge in [-0.05, 0) is 27.6 Å². The van der Waals surface area contributed by atoms with Gasteiger partial charge in [0.05, 0.1) is 0 Å². The summed E-state index contributed by atoms with van der Waals surface area (Å²) in [6.07, 6.45) is -3.74. The Morgan fingerprint density at radius 3 is 2.05 bits per heavy atom. The van der Waals surface area contributed by atoms with Gasteiger partial charge in [-0.25, -0.2) is 17.6 Å². The molecular formula is C29H13F7IrN-. The van der Waals surface area contributed by atoms with E-state index in [2.05, 4.69) is 11.1 Å². The summed E-state index contributed by atoms with van der Waals surface area (Å²) >= 11 is 0. The molecule has 0 saturated heterocycles. The number of halogens is 7. The molecule has 1 aliphatic carbocycles. The molecule has 0 saturated carbocycles. The van der Waals surface area contributed by atoms with Crippen LogP contribution in [0.4, 0.5) is 30.7 Å². The fraction of sp³-hybridized carbons (Fsp3) is 0.0690. The molecule has 0 bridgehead atoms. The summed E-state index contributed by atoms with van der Waals surface area (Å²) < 4.78 is 105. The zero-order valence-corrected chi connectivity index (χ0v) is 21.3. The maximum atomic E-state index is 15.3. The van der Waals surface area contributed by atoms with E-state index < -0.39 is 62.7 Å². The normalized spacial score (nSPS) is 16.2. The van der Waals surface area contributed by atoms with E-state index in [4.69, 9.17) is 0 Å². The molecule has 9 heteroatoms. The summed E-state index contributed by atoms with van der Waals surface area (Å²) in [7, 11) is 0. The van der Waals surface area contributed by atoms with Crippen molar-refractivity contribution < 1.29 is 50.8 Å². The van der Waals surface area contributed by atoms with Crippen LogP contribution >= 0.6 is 0 Å². The van der Waals surface area contributed by atoms with Gasteiger partial charge in [-0.15, -0.1) is 23.8 Å². The van der Waals surface area contributed by atoms with Crippen LogP contribution < -0.4 is 0 Å². The third kappa shape index (κ3) is 3.45. The van der Waals surface area contributed by atoms with Crippen molar-refractivity contribution in [3.8, 4) is 22.4 Å². The van der Waals surface area contributed by atoms with Crippen molar-refractivity contribution in [1.82, 2.24) is 4.98 Å². The Balaban J connectivity index is 0.00000294. The van der Waals surface area contributed by atoms with Crippen LogP contribution in [0.1, 0.15) is 16.7 Å². The van der Waals surface area contributed by atoms with Gasteiger partial charge in [0.2, 0.25) is 0 Å². The zero-order valence-electron chi connectivity index (χ0n) is 18.9. The molecule has 38 heavy (non-hydrogen) atoms. The average molecular weight is 701 g/mol. The topological polar surface area (TPSA) is 12.9 Å². The Hall–Kier alpha value is -3.55. The second-order valence-electron chi connectivity index (χ2n) is 8.71. The van der Waals surface area contributed by atoms with Crippen LogP contribution in [0, 0.1) is 29.3 Å². The first-order valence-electron chi connectivity index (χ1n) is 11.1. The quantitative estimate of drug-likeness (QED) is 0.0785. The predicted octanol–water partition coefficient (Wildman–Crippen LogP) is 8.13. The minimum absolute atomic E-state index is 0. The zero-order chi connectivity index (χ0) is 26.1. The molecule has 5 aromatic rings. The average Bonchev–Trinajstić information content (AvgIpc) is 3.22. The van der Waals surface area contributed by atoms with Crippen LogP contribution in [-0.4, -0.2) is 11.2 Å². The second kappa shape index (κ2) is 9.03. The molecule has 1 unspecified atom stereocenters. The molecule has 1 nitrogen and oxygen atoms in total. The standard InChI is InChI=1S/C29H13F7N.Ir/c30-24-22-19-11-10-16(21-13-15-6-4-5-7-17(15)14-37-21)12-20(19)28(29(34,35)36,18-8-2-1-3-9-18)23(22)25(31)27(33)26(24)32;/h1-9,11-14H;/q-1;. The number of hydrogen-bond donors (Lipinski definition) is 0. The summed E-state index contributed by atoms with van der Waals surface area (Å²) in [5.41, 5.74) is -6.74. The minimum Gasteiger partial charge on any atom is -0.304 e. The number of aromatic nitrogens is 1. The van der Waals surface area contributed by atoms with Crippen molar-refractivity contribution in [2.45, 2.75) is 11.6 Å². The number of pyridine rings is 1. The molecule has 1 aliphatic rings. The van der Waals surface area contributed by atoms with Crippen molar-refractivity contribution in [3.63, 3.8) is 0 Å². The van der Waals surface area contributed by atoms with Gasteiger partial charge in [0.1, 0.15) is 5.41 Å². The third-order valence-corrected chi connectivity index (χ3v) is 6.81. The van der Waals surface area contributed by atoms with E-state index in [9.17, 15) is 8.78 Å². The summed E-state index contributed by atoms with van der Waals surface area (Å²) in [4.78, 5) is 4.32. The van der Waals surface area contributed by atoms with Gasteiger partial charge in [0.25, 0.3) is 0 Å². The first-order valence-corrected chi connectivity index (χ1v) is 11.1. The number of alkyl halides is 3. The van der Waals surface area contributed by atoms with Crippen LogP contribution in [0.25, 0.3) is 33.2 Å². The molecule has 1 heterocycles. The third-order valence-electron chi connectivity index (χ3n) is 6.81. The molecule has 4 aromatic carbocycles. The molecule has 1 aromatic heterocycles. The molecule has 0 aliphatic heterocycles. The second-order valence-corrected chi connectivity index (χ2v) is 8.71. The summed E-state index contributed by atoms with van der Waals surface area (Å²) in [6, 6.07) is 20.0. The van der Waals surface area contributed by atoms with Crippen LogP contribution in [0.2, 0.25) is 0 Å². The summed E-state index contributed by atoms with van der Waals surface area (Å²) in [5, 5.41) is 1.56. The van der Waals surface area contributed by atoms with Gasteiger partial charge in [-0.1, -0.05) is 71.8 Å². The van der Waals surface area contributed by atoms with E-state index in [-0.39, 0.29) is 31.4 Å². The van der Waals surface area contributed by atoms with Gasteiger partial charge in [-0.2, -0.15) is 13.2 Å². The fourth-order valence-electron chi connectivity index (χ4n) is 5.20. The van der Waals surface area contributed by atoms with Crippen LogP contribution in [0.5, 0.6) is 0 Å². The van der Waals surface area contributed by atoms with E-state index in [1.165, 1.54) is 18.2 Å². The Bertz CT molecular complexity index is 1720. The van der Waals surface area contributed by atoms with Crippen molar-refractivity contribution in [2.24, 2.45) is 0 Å². The minimum atomic E-state index is -5.28. The van der Waals surface area contributed by atoms with Crippen molar-refractivity contribution in [3.05, 3.63) is 125 Å². The molecular weight excluding hydrogens is 688 g/mol. The monoisotopic (exact) mass is 701 g/mol. The fourth-order valence-corrected chi connectivity index (χ4v) is 5.20. The van der Waals surface area contributed by atoms with E-state index >= 15 is 22.0 Å². The first kappa shape index (κ1) is 26.1. The maximum Gasteiger partial charge on any atom is 0.404 e. The van der Waals surface area contributed by atoms with E-state index in [1.807, 2.05) is 6.07 Å². The molecule has 1 radical (unpaired) electrons. The SMILES string of the molecule is Fc1c(F)c(F)c2c(c1F)-c1c[c-]c(-c3cc4ccccc4cn3)cc1C2(c1ccccc1)C(F)(F)F.[Ir]. The molecule has 0 spiro atoms. The van der Waals surface area contributed by atoms with Crippen molar-refractivity contribution in [1.29, 1.82) is 0 Å². The summed E-state index contributed by atoms with van der Waals surface area (Å²) in [5.74, 6) is -8.50. The smallest absolute Gasteiger partial charge is 0.304 e. The molecule has 0 N–H and O–H groups in total. The van der Waals surface area contributed by atoms with E-state index in [0.717, 1.165) is 35.0 Å². The van der Waals surface area contributed by atoms with Crippen LogP contribution in [0.15, 0.2) is 79.0 Å². The molecule has 0 fully saturated rings. The Morgan fingerprint density at radius 1 is 0.737 bits per heavy atom. The van der Waals surface area contributed by atoms with Crippen molar-refractivity contribution in [2.75, 3.05) is 0 Å². The van der Waals surface area contributed by atoms with Crippen molar-refractivity contribution >= 4 is 10.8 Å². The predicted molar refractivity (Wildman–Crippen MR) is 124 cm³/mol. The molecule has 0 amide bonds. The molecule has 193 valence electrons. The number of fused-ring (bicyclic) bond motifs is 4. The van der Waals surface area contributed by atoms with Gasteiger partial charge in [0.15, 0.2) is 23.3 Å². The Labute approximate surface area is 225 Å². The first-order chi connectivity index (χ1) is 17.7. The van der Waals surface area contributed by atoms with E-state index in [1.54, 1.807) is 30.5 Å². The van der Waals surface area contributed by atoms with Crippen LogP contribution in [0.3, 0.4) is 0 Å². The largest absolute Gasteiger partial charge is 0.404 e. The van der Waals surface area contributed by atoms with Gasteiger partial charge in [-0.3, -0.25) is 0 Å². The van der Waals surface area contributed by atoms with Gasteiger partial charge in [0, 0.05) is 31.9 Å². The van der Waals surface area contributed by atoms with Crippen LogP contribution in [-0.2, 0) is 25.5 Å². The molecule has 1 atom stereocenters. The Morgan fingerprint density at radius 2 is 1.37 bits per heavy atom. The summed E-state index contributed by atoms with van der Waals surface area (Å²) in [6.45, 7) is 0. The number of rotatable bonds is 2. The molecule has 6 rings (SSSR count). The van der Waals surface area contributed by atoms with Gasteiger partial charge < -0.3 is 4.98 Å². The Kier molecular flexibility index (Phi) is 6.20. The number of hydrogen-bond acceptors (Lipinski definition) is 1. The number of nitrogens with zero attached hydrogens (tertiary/aromatic N) is 1. The number of benzene rings is 4. The van der Waals surface area contributed by atoms with Gasteiger partial charge >= 0.3 is 6.18 Å².